The minimum Gasteiger partial charge on any atom is -0.310 e. The van der Waals surface area contributed by atoms with Crippen LogP contribution in [0.1, 0.15) is 49.9 Å². The first-order valence-corrected chi connectivity index (χ1v) is 28.0. The highest BCUT2D eigenvalue weighted by atomic mass is 15.1. The Hall–Kier alpha value is -9.76. The molecule has 80 heavy (non-hydrogen) atoms. The van der Waals surface area contributed by atoms with Gasteiger partial charge < -0.3 is 9.80 Å². The van der Waals surface area contributed by atoms with Gasteiger partial charge in [0.1, 0.15) is 0 Å². The van der Waals surface area contributed by atoms with E-state index in [4.69, 9.17) is 0 Å². The third-order valence-electron chi connectivity index (χ3n) is 17.1. The monoisotopic (exact) mass is 1020 g/mol. The Labute approximate surface area is 471 Å². The van der Waals surface area contributed by atoms with Gasteiger partial charge in [-0.15, -0.1) is 0 Å². The van der Waals surface area contributed by atoms with Crippen LogP contribution in [0, 0.1) is 0 Å². The third kappa shape index (κ3) is 8.52. The molecular formula is C78H60N2. The second-order valence-corrected chi connectivity index (χ2v) is 22.6. The molecular weight excluding hydrogens is 965 g/mol. The van der Waals surface area contributed by atoms with Gasteiger partial charge in [-0.05, 0) is 185 Å². The number of rotatable bonds is 11. The molecule has 12 aromatic carbocycles. The van der Waals surface area contributed by atoms with E-state index in [0.29, 0.717) is 0 Å². The van der Waals surface area contributed by atoms with E-state index in [0.717, 1.165) is 39.7 Å². The van der Waals surface area contributed by atoms with Gasteiger partial charge in [0.05, 0.1) is 0 Å². The van der Waals surface area contributed by atoms with Crippen molar-refractivity contribution in [3.8, 4) is 77.9 Å². The van der Waals surface area contributed by atoms with Gasteiger partial charge in [0, 0.05) is 45.0 Å². The van der Waals surface area contributed by atoms with Gasteiger partial charge in [-0.25, -0.2) is 0 Å². The fraction of sp³-hybridized carbons (Fsp3) is 0.0769. The van der Waals surface area contributed by atoms with Crippen molar-refractivity contribution in [2.24, 2.45) is 0 Å². The Kier molecular flexibility index (Phi) is 11.9. The van der Waals surface area contributed by atoms with Crippen LogP contribution >= 0.6 is 0 Å². The molecule has 0 fully saturated rings. The molecule has 0 aromatic heterocycles. The van der Waals surface area contributed by atoms with E-state index >= 15 is 0 Å². The normalized spacial score (nSPS) is 13.2. The second-order valence-electron chi connectivity index (χ2n) is 22.6. The van der Waals surface area contributed by atoms with Crippen molar-refractivity contribution in [1.82, 2.24) is 0 Å². The Morgan fingerprint density at radius 3 is 0.887 bits per heavy atom. The summed E-state index contributed by atoms with van der Waals surface area (Å²) >= 11 is 0. The Morgan fingerprint density at radius 2 is 0.463 bits per heavy atom. The van der Waals surface area contributed by atoms with Crippen LogP contribution < -0.4 is 9.80 Å². The van der Waals surface area contributed by atoms with Crippen molar-refractivity contribution >= 4 is 34.1 Å². The van der Waals surface area contributed by atoms with Gasteiger partial charge in [0.2, 0.25) is 0 Å². The van der Waals surface area contributed by atoms with Gasteiger partial charge in [-0.1, -0.05) is 234 Å². The van der Waals surface area contributed by atoms with Crippen LogP contribution in [0.5, 0.6) is 0 Å². The molecule has 0 saturated carbocycles. The summed E-state index contributed by atoms with van der Waals surface area (Å²) in [5.74, 6) is 0. The molecule has 0 saturated heterocycles. The number of fused-ring (bicyclic) bond motifs is 6. The van der Waals surface area contributed by atoms with E-state index in [1.807, 2.05) is 0 Å². The van der Waals surface area contributed by atoms with Crippen molar-refractivity contribution in [3.05, 3.63) is 313 Å². The second kappa shape index (κ2) is 19.6. The maximum Gasteiger partial charge on any atom is 0.0467 e. The first-order valence-electron chi connectivity index (χ1n) is 28.0. The highest BCUT2D eigenvalue weighted by molar-refractivity contribution is 5.89. The van der Waals surface area contributed by atoms with Gasteiger partial charge in [0.15, 0.2) is 0 Å². The topological polar surface area (TPSA) is 6.48 Å². The summed E-state index contributed by atoms with van der Waals surface area (Å²) in [6, 6.07) is 107. The van der Waals surface area contributed by atoms with Crippen molar-refractivity contribution in [2.45, 2.75) is 38.5 Å². The van der Waals surface area contributed by atoms with E-state index in [1.54, 1.807) is 0 Å². The van der Waals surface area contributed by atoms with Crippen LogP contribution in [0.3, 0.4) is 0 Å². The number of hydrogen-bond donors (Lipinski definition) is 0. The molecule has 0 N–H and O–H groups in total. The van der Waals surface area contributed by atoms with Gasteiger partial charge >= 0.3 is 0 Å². The van der Waals surface area contributed by atoms with Crippen LogP contribution in [-0.4, -0.2) is 0 Å². The van der Waals surface area contributed by atoms with E-state index in [2.05, 4.69) is 329 Å². The number of anilines is 6. The summed E-state index contributed by atoms with van der Waals surface area (Å²) in [4.78, 5) is 4.82. The molecule has 0 atom stereocenters. The maximum atomic E-state index is 2.42. The average Bonchev–Trinajstić information content (AvgIpc) is 3.97. The van der Waals surface area contributed by atoms with Crippen LogP contribution in [0.2, 0.25) is 0 Å². The maximum absolute atomic E-state index is 2.42. The molecule has 14 rings (SSSR count). The molecule has 0 radical (unpaired) electrons. The first-order chi connectivity index (χ1) is 39.2. The molecule has 12 aromatic rings. The van der Waals surface area contributed by atoms with Gasteiger partial charge in [-0.3, -0.25) is 0 Å². The molecule has 0 spiro atoms. The molecule has 2 aliphatic carbocycles. The molecule has 0 unspecified atom stereocenters. The summed E-state index contributed by atoms with van der Waals surface area (Å²) in [5, 5.41) is 0. The zero-order valence-electron chi connectivity index (χ0n) is 45.6. The van der Waals surface area contributed by atoms with Crippen molar-refractivity contribution in [2.75, 3.05) is 9.80 Å². The smallest absolute Gasteiger partial charge is 0.0467 e. The Balaban J connectivity index is 0.784. The van der Waals surface area contributed by atoms with Gasteiger partial charge in [0.25, 0.3) is 0 Å². The summed E-state index contributed by atoms with van der Waals surface area (Å²) < 4.78 is 0. The quantitative estimate of drug-likeness (QED) is 0.127. The van der Waals surface area contributed by atoms with Crippen molar-refractivity contribution in [1.29, 1.82) is 0 Å². The largest absolute Gasteiger partial charge is 0.310 e. The number of nitrogens with zero attached hydrogens (tertiary/aromatic N) is 2. The van der Waals surface area contributed by atoms with Crippen LogP contribution in [0.15, 0.2) is 291 Å². The predicted molar refractivity (Wildman–Crippen MR) is 338 cm³/mol. The number of benzene rings is 12. The summed E-state index contributed by atoms with van der Waals surface area (Å²) in [6.45, 7) is 9.43. The van der Waals surface area contributed by atoms with Gasteiger partial charge in [-0.2, -0.15) is 0 Å². The number of hydrogen-bond acceptors (Lipinski definition) is 2. The lowest BCUT2D eigenvalue weighted by Crippen LogP contribution is -2.16. The lowest BCUT2D eigenvalue weighted by atomic mass is 9.82. The molecule has 0 bridgehead atoms. The highest BCUT2D eigenvalue weighted by Crippen LogP contribution is 2.53. The zero-order valence-corrected chi connectivity index (χ0v) is 45.6. The molecule has 0 amide bonds. The minimum absolute atomic E-state index is 0.115. The minimum atomic E-state index is -0.124. The molecule has 0 heterocycles. The highest BCUT2D eigenvalue weighted by Gasteiger charge is 2.37. The lowest BCUT2D eigenvalue weighted by molar-refractivity contribution is 0.660. The molecule has 2 aliphatic rings. The van der Waals surface area contributed by atoms with E-state index in [9.17, 15) is 0 Å². The van der Waals surface area contributed by atoms with Crippen LogP contribution in [0.25, 0.3) is 77.9 Å². The van der Waals surface area contributed by atoms with Crippen molar-refractivity contribution in [3.63, 3.8) is 0 Å². The standard InChI is InChI=1S/C78H60N2/c1-77(2)73-30-13-11-28-69(73)71-46-44-67(51-75(71)77)79(63-38-32-55(33-39-63)53-18-7-5-8-19-53)64-42-36-57(37-43-64)58-22-15-23-59(48-58)60-24-16-25-61(49-60)62-26-17-27-66(50-62)80(65-40-34-56(35-41-65)54-20-9-6-10-21-54)68-45-47-72-70-29-12-14-31-74(70)78(3,4)76(72)52-68/h5-52H,1-4H3. The van der Waals surface area contributed by atoms with Crippen LogP contribution in [-0.2, 0) is 10.8 Å². The Bertz CT molecular complexity index is 4270. The molecule has 0 aliphatic heterocycles. The third-order valence-corrected chi connectivity index (χ3v) is 17.1. The molecule has 2 nitrogen and oxygen atoms in total. The van der Waals surface area contributed by atoms with E-state index in [1.165, 1.54) is 94.6 Å². The van der Waals surface area contributed by atoms with E-state index < -0.39 is 0 Å². The Morgan fingerprint density at radius 1 is 0.188 bits per heavy atom. The van der Waals surface area contributed by atoms with Crippen molar-refractivity contribution < 1.29 is 0 Å². The fourth-order valence-corrected chi connectivity index (χ4v) is 12.8. The van der Waals surface area contributed by atoms with E-state index in [-0.39, 0.29) is 10.8 Å². The lowest BCUT2D eigenvalue weighted by Gasteiger charge is -2.28. The summed E-state index contributed by atoms with van der Waals surface area (Å²) in [6.07, 6.45) is 0. The zero-order chi connectivity index (χ0) is 54.0. The average molecular weight is 1030 g/mol. The molecule has 382 valence electrons. The summed E-state index contributed by atoms with van der Waals surface area (Å²) in [7, 11) is 0. The van der Waals surface area contributed by atoms with Crippen LogP contribution in [0.4, 0.5) is 34.1 Å². The molecule has 2 heteroatoms. The predicted octanol–water partition coefficient (Wildman–Crippen LogP) is 21.6. The first kappa shape index (κ1) is 48.6. The SMILES string of the molecule is CC1(C)c2ccccc2-c2ccc(N(c3ccc(-c4ccccc4)cc3)c3ccc(-c4cccc(-c5cccc(-c6cccc(N(c7ccc(-c8ccccc8)cc7)c7ccc8c(c7)C(C)(C)c7ccccc7-8)c6)c5)c4)cc3)cc21. The fourth-order valence-electron chi connectivity index (χ4n) is 12.8. The summed E-state index contributed by atoms with van der Waals surface area (Å²) in [5.41, 5.74) is 29.0.